The minimum Gasteiger partial charge on any atom is -0.449 e. The number of nitrogens with zero attached hydrogens (tertiary/aromatic N) is 2. The van der Waals surface area contributed by atoms with E-state index in [0.29, 0.717) is 16.0 Å². The van der Waals surface area contributed by atoms with Crippen molar-refractivity contribution in [1.82, 2.24) is 14.5 Å². The van der Waals surface area contributed by atoms with Crippen LogP contribution in [0.4, 0.5) is 18.9 Å². The van der Waals surface area contributed by atoms with Gasteiger partial charge in [-0.05, 0) is 43.2 Å². The number of alkyl halides is 3. The number of aromatic nitrogens is 2. The van der Waals surface area contributed by atoms with Crippen molar-refractivity contribution >= 4 is 51.2 Å². The van der Waals surface area contributed by atoms with Gasteiger partial charge in [-0.3, -0.25) is 19.0 Å². The third kappa shape index (κ3) is 5.29. The van der Waals surface area contributed by atoms with Gasteiger partial charge < -0.3 is 15.1 Å². The number of anilines is 1. The van der Waals surface area contributed by atoms with Crippen molar-refractivity contribution in [1.29, 1.82) is 0 Å². The molecule has 0 bridgehead atoms. The molecule has 4 aromatic rings. The highest BCUT2D eigenvalue weighted by Crippen LogP contribution is 2.34. The summed E-state index contributed by atoms with van der Waals surface area (Å²) in [6.45, 7) is -1.29. The number of hydrogen-bond acceptors (Lipinski definition) is 5. The van der Waals surface area contributed by atoms with Crippen molar-refractivity contribution in [3.05, 3.63) is 73.9 Å². The number of hydrogen-bond donors (Lipinski definition) is 2. The molecule has 2 aromatic heterocycles. The van der Waals surface area contributed by atoms with Gasteiger partial charge in [0.05, 0.1) is 16.3 Å². The topological polar surface area (TPSA) is 115 Å². The van der Waals surface area contributed by atoms with E-state index in [1.165, 1.54) is 0 Å². The lowest BCUT2D eigenvalue weighted by atomic mass is 10.2. The van der Waals surface area contributed by atoms with E-state index in [2.05, 4.69) is 10.6 Å². The molecule has 1 aliphatic carbocycles. The molecule has 1 aliphatic rings. The van der Waals surface area contributed by atoms with Gasteiger partial charge in [0, 0.05) is 11.4 Å². The molecule has 5 rings (SSSR count). The van der Waals surface area contributed by atoms with E-state index in [0.717, 1.165) is 42.4 Å². The molecule has 0 saturated heterocycles. The highest BCUT2D eigenvalue weighted by atomic mass is 35.5. The molecular formula is C26H22ClF3N4O5. The number of rotatable bonds is 6. The fourth-order valence-corrected chi connectivity index (χ4v) is 4.96. The first-order valence-corrected chi connectivity index (χ1v) is 12.5. The number of nitrogens with one attached hydrogen (secondary N) is 2. The second-order valence-corrected chi connectivity index (χ2v) is 9.73. The Labute approximate surface area is 223 Å². The molecule has 2 heterocycles. The second kappa shape index (κ2) is 10.3. The van der Waals surface area contributed by atoms with E-state index in [-0.39, 0.29) is 33.4 Å². The van der Waals surface area contributed by atoms with Gasteiger partial charge in [0.15, 0.2) is 0 Å². The monoisotopic (exact) mass is 562 g/mol. The van der Waals surface area contributed by atoms with E-state index < -0.39 is 47.9 Å². The number of fused-ring (bicyclic) bond motifs is 3. The van der Waals surface area contributed by atoms with E-state index in [9.17, 15) is 32.3 Å². The normalized spacial score (nSPS) is 14.3. The fourth-order valence-electron chi connectivity index (χ4n) is 4.80. The number of halogens is 4. The summed E-state index contributed by atoms with van der Waals surface area (Å²) in [4.78, 5) is 52.4. The van der Waals surface area contributed by atoms with Gasteiger partial charge in [0.25, 0.3) is 5.56 Å². The Balaban J connectivity index is 1.54. The van der Waals surface area contributed by atoms with Crippen molar-refractivity contribution in [2.75, 3.05) is 5.32 Å². The highest BCUT2D eigenvalue weighted by Gasteiger charge is 2.31. The smallest absolute Gasteiger partial charge is 0.416 e. The zero-order valence-electron chi connectivity index (χ0n) is 20.3. The Morgan fingerprint density at radius 1 is 1.00 bits per heavy atom. The van der Waals surface area contributed by atoms with Crippen LogP contribution in [0, 0.1) is 0 Å². The predicted octanol–water partition coefficient (Wildman–Crippen LogP) is 4.28. The maximum atomic E-state index is 13.5. The molecule has 1 saturated carbocycles. The molecule has 0 aliphatic heterocycles. The van der Waals surface area contributed by atoms with E-state index >= 15 is 0 Å². The largest absolute Gasteiger partial charge is 0.449 e. The third-order valence-electron chi connectivity index (χ3n) is 6.63. The lowest BCUT2D eigenvalue weighted by Crippen LogP contribution is -2.46. The van der Waals surface area contributed by atoms with E-state index in [1.807, 2.05) is 0 Å². The fraction of sp³-hybridized carbons (Fsp3) is 0.308. The molecule has 0 radical (unpaired) electrons. The van der Waals surface area contributed by atoms with Crippen LogP contribution in [-0.4, -0.2) is 27.0 Å². The van der Waals surface area contributed by atoms with Crippen LogP contribution in [-0.2, 0) is 28.9 Å². The minimum atomic E-state index is -4.67. The van der Waals surface area contributed by atoms with Crippen molar-refractivity contribution in [2.24, 2.45) is 0 Å². The summed E-state index contributed by atoms with van der Waals surface area (Å²) in [5.41, 5.74) is -3.07. The first-order chi connectivity index (χ1) is 18.5. The average Bonchev–Trinajstić information content (AvgIpc) is 3.53. The molecule has 1 fully saturated rings. The number of carbonyl (C=O) groups is 2. The highest BCUT2D eigenvalue weighted by molar-refractivity contribution is 6.33. The maximum absolute atomic E-state index is 13.5. The number of carbonyl (C=O) groups excluding carboxylic acids is 2. The van der Waals surface area contributed by atoms with Gasteiger partial charge >= 0.3 is 11.9 Å². The van der Waals surface area contributed by atoms with Gasteiger partial charge in [0.2, 0.25) is 17.4 Å². The molecule has 2 N–H and O–H groups in total. The molecule has 204 valence electrons. The molecular weight excluding hydrogens is 541 g/mol. The van der Waals surface area contributed by atoms with Crippen molar-refractivity contribution in [3.63, 3.8) is 0 Å². The van der Waals surface area contributed by atoms with Gasteiger partial charge in [0.1, 0.15) is 24.2 Å². The third-order valence-corrected chi connectivity index (χ3v) is 6.96. The van der Waals surface area contributed by atoms with Gasteiger partial charge in [-0.15, -0.1) is 0 Å². The Morgan fingerprint density at radius 3 is 2.41 bits per heavy atom. The first kappa shape index (κ1) is 26.5. The molecule has 0 spiro atoms. The van der Waals surface area contributed by atoms with E-state index in [1.54, 1.807) is 24.3 Å². The van der Waals surface area contributed by atoms with Crippen molar-refractivity contribution < 1.29 is 27.2 Å². The van der Waals surface area contributed by atoms with Crippen molar-refractivity contribution in [3.8, 4) is 0 Å². The van der Waals surface area contributed by atoms with E-state index in [4.69, 9.17) is 16.0 Å². The number of amides is 2. The van der Waals surface area contributed by atoms with Crippen molar-refractivity contribution in [2.45, 2.75) is 51.0 Å². The summed E-state index contributed by atoms with van der Waals surface area (Å²) in [6.07, 6.45) is -1.14. The summed E-state index contributed by atoms with van der Waals surface area (Å²) < 4.78 is 46.8. The van der Waals surface area contributed by atoms with Crippen LogP contribution < -0.4 is 21.9 Å². The summed E-state index contributed by atoms with van der Waals surface area (Å²) in [5, 5.41) is 5.34. The van der Waals surface area contributed by atoms with Crippen LogP contribution in [0.15, 0.2) is 56.5 Å². The number of furan rings is 1. The Morgan fingerprint density at radius 2 is 1.69 bits per heavy atom. The molecule has 9 nitrogen and oxygen atoms in total. The van der Waals surface area contributed by atoms with Crippen LogP contribution in [0.1, 0.15) is 31.2 Å². The molecule has 39 heavy (non-hydrogen) atoms. The Hall–Kier alpha value is -4.06. The minimum absolute atomic E-state index is 0.0262. The molecule has 0 unspecified atom stereocenters. The summed E-state index contributed by atoms with van der Waals surface area (Å²) >= 11 is 6.00. The Bertz CT molecular complexity index is 1720. The molecule has 2 aromatic carbocycles. The zero-order valence-corrected chi connectivity index (χ0v) is 21.1. The van der Waals surface area contributed by atoms with Gasteiger partial charge in [-0.2, -0.15) is 13.2 Å². The van der Waals surface area contributed by atoms with Crippen LogP contribution in [0.2, 0.25) is 5.02 Å². The number of para-hydroxylation sites is 1. The van der Waals surface area contributed by atoms with Crippen LogP contribution in [0.3, 0.4) is 0 Å². The number of benzene rings is 2. The predicted molar refractivity (Wildman–Crippen MR) is 138 cm³/mol. The second-order valence-electron chi connectivity index (χ2n) is 9.33. The van der Waals surface area contributed by atoms with Crippen LogP contribution in [0.5, 0.6) is 0 Å². The quantitative estimate of drug-likeness (QED) is 0.364. The summed E-state index contributed by atoms with van der Waals surface area (Å²) in [7, 11) is 0. The maximum Gasteiger partial charge on any atom is 0.416 e. The summed E-state index contributed by atoms with van der Waals surface area (Å²) in [6, 6.07) is 8.87. The lowest BCUT2D eigenvalue weighted by molar-refractivity contribution is -0.137. The first-order valence-electron chi connectivity index (χ1n) is 12.1. The van der Waals surface area contributed by atoms with Crippen LogP contribution >= 0.6 is 11.6 Å². The standard InChI is InChI=1S/C26H22ClF3N4O5/c27-17-10-9-14(26(28,29)30)11-18(17)32-21(36)12-33-22-16-7-3-4-8-19(16)39-23(22)24(37)34(25(33)38)13-20(35)31-15-5-1-2-6-15/h3-4,7-11,15H,1-2,5-6,12-13H2,(H,31,35)(H,32,36). The lowest BCUT2D eigenvalue weighted by Gasteiger charge is -2.15. The zero-order chi connectivity index (χ0) is 27.9. The van der Waals surface area contributed by atoms with Gasteiger partial charge in [-0.1, -0.05) is 36.6 Å². The Kier molecular flexibility index (Phi) is 6.98. The van der Waals surface area contributed by atoms with Crippen LogP contribution in [0.25, 0.3) is 22.1 Å². The van der Waals surface area contributed by atoms with Gasteiger partial charge in [-0.25, -0.2) is 9.36 Å². The molecule has 0 atom stereocenters. The SMILES string of the molecule is O=C(Cn1c(=O)n(CC(=O)NC2CCCC2)c(=O)c2oc3ccccc3c21)Nc1cc(C(F)(F)F)ccc1Cl. The average molecular weight is 563 g/mol. The summed E-state index contributed by atoms with van der Waals surface area (Å²) in [5.74, 6) is -1.42. The molecule has 13 heteroatoms. The molecule has 2 amide bonds.